The second-order valence-electron chi connectivity index (χ2n) is 5.15. The largest absolute Gasteiger partial charge is 0.418 e. The molecular formula is C16H21F3N2O2. The molecule has 7 heteroatoms. The molecule has 2 amide bonds. The molecule has 0 heterocycles. The highest BCUT2D eigenvalue weighted by atomic mass is 19.4. The van der Waals surface area contributed by atoms with E-state index < -0.39 is 24.1 Å². The van der Waals surface area contributed by atoms with Crippen molar-refractivity contribution in [2.75, 3.05) is 18.4 Å². The minimum absolute atomic E-state index is 0.338. The van der Waals surface area contributed by atoms with Gasteiger partial charge in [0.05, 0.1) is 11.3 Å². The Hall–Kier alpha value is -2.05. The number of para-hydroxylation sites is 1. The molecule has 23 heavy (non-hydrogen) atoms. The Bertz CT molecular complexity index is 538. The molecule has 0 radical (unpaired) electrons. The first-order chi connectivity index (χ1) is 10.8. The molecule has 0 aromatic heterocycles. The fraction of sp³-hybridized carbons (Fsp3) is 0.500. The number of rotatable bonds is 7. The molecule has 0 saturated heterocycles. The molecule has 1 rings (SSSR count). The fourth-order valence-electron chi connectivity index (χ4n) is 2.18. The summed E-state index contributed by atoms with van der Waals surface area (Å²) in [5.74, 6) is -1.13. The number of alkyl halides is 3. The van der Waals surface area contributed by atoms with E-state index in [2.05, 4.69) is 5.32 Å². The minimum atomic E-state index is -4.57. The normalized spacial score (nSPS) is 11.2. The van der Waals surface area contributed by atoms with E-state index in [0.29, 0.717) is 13.1 Å². The van der Waals surface area contributed by atoms with Crippen LogP contribution in [-0.4, -0.2) is 29.8 Å². The highest BCUT2D eigenvalue weighted by Crippen LogP contribution is 2.34. The molecular weight excluding hydrogens is 309 g/mol. The average molecular weight is 330 g/mol. The second-order valence-corrected chi connectivity index (χ2v) is 5.15. The van der Waals surface area contributed by atoms with E-state index in [1.165, 1.54) is 18.2 Å². The number of amides is 2. The Labute approximate surface area is 133 Å². The number of benzene rings is 1. The van der Waals surface area contributed by atoms with Gasteiger partial charge in [0.25, 0.3) is 0 Å². The third-order valence-corrected chi connectivity index (χ3v) is 3.16. The molecule has 0 aliphatic rings. The smallest absolute Gasteiger partial charge is 0.342 e. The zero-order chi connectivity index (χ0) is 17.5. The lowest BCUT2D eigenvalue weighted by atomic mass is 10.1. The molecule has 0 aliphatic heterocycles. The van der Waals surface area contributed by atoms with Gasteiger partial charge in [0.2, 0.25) is 11.8 Å². The first-order valence-corrected chi connectivity index (χ1v) is 7.53. The highest BCUT2D eigenvalue weighted by molar-refractivity contribution is 6.03. The van der Waals surface area contributed by atoms with E-state index >= 15 is 0 Å². The predicted octanol–water partition coefficient (Wildman–Crippen LogP) is 3.68. The van der Waals surface area contributed by atoms with Crippen LogP contribution in [0.2, 0.25) is 0 Å². The van der Waals surface area contributed by atoms with Crippen molar-refractivity contribution in [1.82, 2.24) is 4.90 Å². The van der Waals surface area contributed by atoms with Gasteiger partial charge in [0.15, 0.2) is 0 Å². The SMILES string of the molecule is CCCN(CCC)C(=O)CC(=O)Nc1ccccc1C(F)(F)F. The van der Waals surface area contributed by atoms with Gasteiger partial charge in [-0.3, -0.25) is 9.59 Å². The topological polar surface area (TPSA) is 49.4 Å². The van der Waals surface area contributed by atoms with Crippen molar-refractivity contribution in [3.8, 4) is 0 Å². The Kier molecular flexibility index (Phi) is 7.06. The van der Waals surface area contributed by atoms with Gasteiger partial charge < -0.3 is 10.2 Å². The maximum atomic E-state index is 12.9. The predicted molar refractivity (Wildman–Crippen MR) is 81.9 cm³/mol. The first kappa shape index (κ1) is 19.0. The molecule has 1 N–H and O–H groups in total. The van der Waals surface area contributed by atoms with Crippen LogP contribution >= 0.6 is 0 Å². The number of halogens is 3. The van der Waals surface area contributed by atoms with Gasteiger partial charge in [-0.25, -0.2) is 0 Å². The number of nitrogens with one attached hydrogen (secondary N) is 1. The van der Waals surface area contributed by atoms with Gasteiger partial charge in [-0.05, 0) is 25.0 Å². The van der Waals surface area contributed by atoms with Gasteiger partial charge in [0, 0.05) is 13.1 Å². The van der Waals surface area contributed by atoms with Crippen LogP contribution in [-0.2, 0) is 15.8 Å². The van der Waals surface area contributed by atoms with Crippen LogP contribution in [0.4, 0.5) is 18.9 Å². The summed E-state index contributed by atoms with van der Waals surface area (Å²) >= 11 is 0. The summed E-state index contributed by atoms with van der Waals surface area (Å²) < 4.78 is 38.6. The Balaban J connectivity index is 2.76. The molecule has 0 fully saturated rings. The van der Waals surface area contributed by atoms with E-state index in [1.54, 1.807) is 4.90 Å². The molecule has 0 aliphatic carbocycles. The van der Waals surface area contributed by atoms with E-state index in [0.717, 1.165) is 18.9 Å². The molecule has 1 aromatic carbocycles. The Morgan fingerprint density at radius 2 is 1.65 bits per heavy atom. The maximum Gasteiger partial charge on any atom is 0.418 e. The van der Waals surface area contributed by atoms with Crippen molar-refractivity contribution in [2.45, 2.75) is 39.3 Å². The van der Waals surface area contributed by atoms with E-state index in [9.17, 15) is 22.8 Å². The number of carbonyl (C=O) groups excluding carboxylic acids is 2. The van der Waals surface area contributed by atoms with Crippen molar-refractivity contribution < 1.29 is 22.8 Å². The lowest BCUT2D eigenvalue weighted by Crippen LogP contribution is -2.35. The lowest BCUT2D eigenvalue weighted by Gasteiger charge is -2.21. The van der Waals surface area contributed by atoms with E-state index in [1.807, 2.05) is 13.8 Å². The number of hydrogen-bond donors (Lipinski definition) is 1. The van der Waals surface area contributed by atoms with Crippen molar-refractivity contribution >= 4 is 17.5 Å². The zero-order valence-corrected chi connectivity index (χ0v) is 13.2. The summed E-state index contributed by atoms with van der Waals surface area (Å²) in [6, 6.07) is 4.69. The fourth-order valence-corrected chi connectivity index (χ4v) is 2.18. The Morgan fingerprint density at radius 3 is 2.17 bits per heavy atom. The van der Waals surface area contributed by atoms with Crippen molar-refractivity contribution in [3.05, 3.63) is 29.8 Å². The quantitative estimate of drug-likeness (QED) is 0.775. The minimum Gasteiger partial charge on any atom is -0.342 e. The summed E-state index contributed by atoms with van der Waals surface area (Å²) in [6.45, 7) is 4.88. The molecule has 0 saturated carbocycles. The van der Waals surface area contributed by atoms with Crippen LogP contribution in [0.1, 0.15) is 38.7 Å². The van der Waals surface area contributed by atoms with E-state index in [4.69, 9.17) is 0 Å². The number of nitrogens with zero attached hydrogens (tertiary/aromatic N) is 1. The third-order valence-electron chi connectivity index (χ3n) is 3.16. The average Bonchev–Trinajstić information content (AvgIpc) is 2.46. The molecule has 0 bridgehead atoms. The van der Waals surface area contributed by atoms with Gasteiger partial charge in [0.1, 0.15) is 6.42 Å². The standard InChI is InChI=1S/C16H21F3N2O2/c1-3-9-21(10-4-2)15(23)11-14(22)20-13-8-6-5-7-12(13)16(17,18)19/h5-8H,3-4,9-11H2,1-2H3,(H,20,22). The third kappa shape index (κ3) is 5.92. The van der Waals surface area contributed by atoms with Crippen LogP contribution in [0.5, 0.6) is 0 Å². The molecule has 128 valence electrons. The summed E-state index contributed by atoms with van der Waals surface area (Å²) in [5, 5.41) is 2.18. The summed E-state index contributed by atoms with van der Waals surface area (Å²) in [7, 11) is 0. The van der Waals surface area contributed by atoms with Crippen molar-refractivity contribution in [2.24, 2.45) is 0 Å². The number of anilines is 1. The van der Waals surface area contributed by atoms with Crippen molar-refractivity contribution in [3.63, 3.8) is 0 Å². The first-order valence-electron chi connectivity index (χ1n) is 7.53. The molecule has 0 unspecified atom stereocenters. The van der Waals surface area contributed by atoms with E-state index in [-0.39, 0.29) is 11.6 Å². The number of carbonyl (C=O) groups is 2. The van der Waals surface area contributed by atoms with Gasteiger partial charge in [-0.15, -0.1) is 0 Å². The summed E-state index contributed by atoms with van der Waals surface area (Å²) in [6.07, 6.45) is -3.52. The molecule has 4 nitrogen and oxygen atoms in total. The van der Waals surface area contributed by atoms with Gasteiger partial charge in [-0.1, -0.05) is 26.0 Å². The monoisotopic (exact) mass is 330 g/mol. The van der Waals surface area contributed by atoms with Crippen LogP contribution in [0.15, 0.2) is 24.3 Å². The summed E-state index contributed by atoms with van der Waals surface area (Å²) in [5.41, 5.74) is -1.27. The van der Waals surface area contributed by atoms with Gasteiger partial charge in [-0.2, -0.15) is 13.2 Å². The highest BCUT2D eigenvalue weighted by Gasteiger charge is 2.33. The van der Waals surface area contributed by atoms with Gasteiger partial charge >= 0.3 is 6.18 Å². The lowest BCUT2D eigenvalue weighted by molar-refractivity contribution is -0.137. The van der Waals surface area contributed by atoms with Crippen LogP contribution in [0.25, 0.3) is 0 Å². The number of hydrogen-bond acceptors (Lipinski definition) is 2. The maximum absolute atomic E-state index is 12.9. The zero-order valence-electron chi connectivity index (χ0n) is 13.2. The molecule has 1 aromatic rings. The van der Waals surface area contributed by atoms with Crippen LogP contribution in [0, 0.1) is 0 Å². The summed E-state index contributed by atoms with van der Waals surface area (Å²) in [4.78, 5) is 25.5. The van der Waals surface area contributed by atoms with Crippen LogP contribution in [0.3, 0.4) is 0 Å². The van der Waals surface area contributed by atoms with Crippen LogP contribution < -0.4 is 5.32 Å². The molecule has 0 atom stereocenters. The second kappa shape index (κ2) is 8.55. The molecule has 0 spiro atoms. The Morgan fingerprint density at radius 1 is 1.09 bits per heavy atom. The van der Waals surface area contributed by atoms with Crippen molar-refractivity contribution in [1.29, 1.82) is 0 Å².